The zero-order valence-electron chi connectivity index (χ0n) is 15.4. The van der Waals surface area contributed by atoms with Gasteiger partial charge in [-0.1, -0.05) is 18.2 Å². The maximum absolute atomic E-state index is 5.43. The minimum Gasteiger partial charge on any atom is -0.497 e. The average Bonchev–Trinajstić information content (AvgIpc) is 3.36. The van der Waals surface area contributed by atoms with Gasteiger partial charge in [-0.25, -0.2) is 0 Å². The summed E-state index contributed by atoms with van der Waals surface area (Å²) in [6, 6.07) is 17.6. The van der Waals surface area contributed by atoms with E-state index >= 15 is 0 Å². The number of likely N-dealkylation sites (tertiary alicyclic amines) is 1. The SMILES string of the molecule is COc1cccc(C(CNCc2ccc3[nH]ccc3c2)N2CCCC2)c1. The highest BCUT2D eigenvalue weighted by Crippen LogP contribution is 2.27. The second kappa shape index (κ2) is 7.94. The van der Waals surface area contributed by atoms with Crippen molar-refractivity contribution in [1.82, 2.24) is 15.2 Å². The molecule has 136 valence electrons. The predicted octanol–water partition coefficient (Wildman–Crippen LogP) is 4.10. The first-order valence-corrected chi connectivity index (χ1v) is 9.48. The van der Waals surface area contributed by atoms with E-state index in [4.69, 9.17) is 4.74 Å². The minimum absolute atomic E-state index is 0.392. The molecule has 0 saturated carbocycles. The first kappa shape index (κ1) is 17.1. The third-order valence-electron chi connectivity index (χ3n) is 5.34. The summed E-state index contributed by atoms with van der Waals surface area (Å²) in [5, 5.41) is 4.95. The van der Waals surface area contributed by atoms with Gasteiger partial charge in [-0.15, -0.1) is 0 Å². The maximum atomic E-state index is 5.43. The predicted molar refractivity (Wildman–Crippen MR) is 107 cm³/mol. The van der Waals surface area contributed by atoms with Gasteiger partial charge in [0.1, 0.15) is 5.75 Å². The van der Waals surface area contributed by atoms with E-state index < -0.39 is 0 Å². The Labute approximate surface area is 155 Å². The van der Waals surface area contributed by atoms with Gasteiger partial charge in [0.25, 0.3) is 0 Å². The summed E-state index contributed by atoms with van der Waals surface area (Å²) in [7, 11) is 1.74. The number of benzene rings is 2. The number of H-pyrrole nitrogens is 1. The monoisotopic (exact) mass is 349 g/mol. The van der Waals surface area contributed by atoms with Crippen LogP contribution in [-0.4, -0.2) is 36.6 Å². The third-order valence-corrected chi connectivity index (χ3v) is 5.34. The standard InChI is InChI=1S/C22H27N3O/c1-26-20-6-4-5-19(14-20)22(25-11-2-3-12-25)16-23-15-17-7-8-21-18(13-17)9-10-24-21/h4-10,13-14,22-24H,2-3,11-12,15-16H2,1H3. The normalized spacial score (nSPS) is 16.2. The van der Waals surface area contributed by atoms with Crippen molar-refractivity contribution in [3.63, 3.8) is 0 Å². The Balaban J connectivity index is 1.45. The van der Waals surface area contributed by atoms with E-state index in [0.717, 1.165) is 18.8 Å². The molecule has 1 fully saturated rings. The fraction of sp³-hybridized carbons (Fsp3) is 0.364. The minimum atomic E-state index is 0.392. The summed E-state index contributed by atoms with van der Waals surface area (Å²) >= 11 is 0. The highest BCUT2D eigenvalue weighted by Gasteiger charge is 2.23. The summed E-state index contributed by atoms with van der Waals surface area (Å²) in [4.78, 5) is 5.85. The quantitative estimate of drug-likeness (QED) is 0.674. The van der Waals surface area contributed by atoms with Gasteiger partial charge < -0.3 is 15.0 Å². The number of hydrogen-bond donors (Lipinski definition) is 2. The zero-order chi connectivity index (χ0) is 17.8. The van der Waals surface area contributed by atoms with Crippen LogP contribution < -0.4 is 10.1 Å². The molecular formula is C22H27N3O. The van der Waals surface area contributed by atoms with E-state index in [0.29, 0.717) is 6.04 Å². The van der Waals surface area contributed by atoms with Crippen LogP contribution in [0.1, 0.15) is 30.0 Å². The molecule has 2 N–H and O–H groups in total. The van der Waals surface area contributed by atoms with E-state index in [-0.39, 0.29) is 0 Å². The molecule has 1 unspecified atom stereocenters. The van der Waals surface area contributed by atoms with Crippen molar-refractivity contribution < 1.29 is 4.74 Å². The van der Waals surface area contributed by atoms with Crippen LogP contribution in [0.15, 0.2) is 54.7 Å². The molecule has 2 heterocycles. The fourth-order valence-corrected chi connectivity index (χ4v) is 3.93. The van der Waals surface area contributed by atoms with Crippen molar-refractivity contribution >= 4 is 10.9 Å². The van der Waals surface area contributed by atoms with Gasteiger partial charge in [-0.2, -0.15) is 0 Å². The Morgan fingerprint density at radius 1 is 1.12 bits per heavy atom. The zero-order valence-corrected chi connectivity index (χ0v) is 15.4. The van der Waals surface area contributed by atoms with Gasteiger partial charge in [-0.3, -0.25) is 4.90 Å². The summed E-state index contributed by atoms with van der Waals surface area (Å²) in [5.74, 6) is 0.935. The third kappa shape index (κ3) is 3.76. The summed E-state index contributed by atoms with van der Waals surface area (Å²) in [5.41, 5.74) is 3.85. The van der Waals surface area contributed by atoms with Gasteiger partial charge in [0, 0.05) is 30.8 Å². The van der Waals surface area contributed by atoms with Gasteiger partial charge in [0.15, 0.2) is 0 Å². The van der Waals surface area contributed by atoms with Crippen LogP contribution >= 0.6 is 0 Å². The van der Waals surface area contributed by atoms with Crippen LogP contribution in [0, 0.1) is 0 Å². The van der Waals surface area contributed by atoms with E-state index in [1.54, 1.807) is 7.11 Å². The summed E-state index contributed by atoms with van der Waals surface area (Å²) in [6.45, 7) is 4.19. The van der Waals surface area contributed by atoms with Crippen molar-refractivity contribution in [3.8, 4) is 5.75 Å². The Kier molecular flexibility index (Phi) is 5.23. The lowest BCUT2D eigenvalue weighted by Crippen LogP contribution is -2.34. The van der Waals surface area contributed by atoms with Crippen molar-refractivity contribution in [3.05, 3.63) is 65.9 Å². The summed E-state index contributed by atoms with van der Waals surface area (Å²) < 4.78 is 5.43. The van der Waals surface area contributed by atoms with E-state index in [2.05, 4.69) is 57.7 Å². The van der Waals surface area contributed by atoms with Gasteiger partial charge in [0.05, 0.1) is 7.11 Å². The molecule has 1 aliphatic rings. The lowest BCUT2D eigenvalue weighted by molar-refractivity contribution is 0.238. The topological polar surface area (TPSA) is 40.3 Å². The molecule has 0 radical (unpaired) electrons. The fourth-order valence-electron chi connectivity index (χ4n) is 3.93. The van der Waals surface area contributed by atoms with Crippen LogP contribution in [0.3, 0.4) is 0 Å². The molecule has 2 aromatic carbocycles. The second-order valence-electron chi connectivity index (χ2n) is 7.07. The number of aromatic amines is 1. The highest BCUT2D eigenvalue weighted by atomic mass is 16.5. The molecule has 4 nitrogen and oxygen atoms in total. The number of methoxy groups -OCH3 is 1. The number of ether oxygens (including phenoxy) is 1. The molecule has 0 bridgehead atoms. The molecule has 3 aromatic rings. The lowest BCUT2D eigenvalue weighted by atomic mass is 10.0. The van der Waals surface area contributed by atoms with Crippen molar-refractivity contribution in [2.24, 2.45) is 0 Å². The average molecular weight is 349 g/mol. The largest absolute Gasteiger partial charge is 0.497 e. The number of rotatable bonds is 7. The van der Waals surface area contributed by atoms with Crippen molar-refractivity contribution in [2.45, 2.75) is 25.4 Å². The van der Waals surface area contributed by atoms with Gasteiger partial charge in [-0.05, 0) is 72.8 Å². The van der Waals surface area contributed by atoms with Crippen LogP contribution in [0.4, 0.5) is 0 Å². The highest BCUT2D eigenvalue weighted by molar-refractivity contribution is 5.79. The van der Waals surface area contributed by atoms with Crippen LogP contribution in [0.2, 0.25) is 0 Å². The molecule has 0 spiro atoms. The Morgan fingerprint density at radius 3 is 2.85 bits per heavy atom. The molecule has 1 atom stereocenters. The first-order valence-electron chi connectivity index (χ1n) is 9.48. The van der Waals surface area contributed by atoms with E-state index in [9.17, 15) is 0 Å². The Hall–Kier alpha value is -2.30. The maximum Gasteiger partial charge on any atom is 0.119 e. The molecule has 0 aliphatic carbocycles. The second-order valence-corrected chi connectivity index (χ2v) is 7.07. The van der Waals surface area contributed by atoms with Crippen molar-refractivity contribution in [1.29, 1.82) is 0 Å². The lowest BCUT2D eigenvalue weighted by Gasteiger charge is -2.28. The molecule has 26 heavy (non-hydrogen) atoms. The summed E-state index contributed by atoms with van der Waals surface area (Å²) in [6.07, 6.45) is 4.59. The Morgan fingerprint density at radius 2 is 2.00 bits per heavy atom. The smallest absolute Gasteiger partial charge is 0.119 e. The molecule has 4 rings (SSSR count). The Bertz CT molecular complexity index is 851. The van der Waals surface area contributed by atoms with Gasteiger partial charge in [0.2, 0.25) is 0 Å². The number of fused-ring (bicyclic) bond motifs is 1. The molecule has 1 saturated heterocycles. The number of nitrogens with one attached hydrogen (secondary N) is 2. The van der Waals surface area contributed by atoms with Gasteiger partial charge >= 0.3 is 0 Å². The van der Waals surface area contributed by atoms with Crippen LogP contribution in [0.5, 0.6) is 5.75 Å². The van der Waals surface area contributed by atoms with Crippen LogP contribution in [-0.2, 0) is 6.54 Å². The van der Waals surface area contributed by atoms with E-state index in [1.807, 2.05) is 12.3 Å². The number of aromatic nitrogens is 1. The molecule has 4 heteroatoms. The first-order chi connectivity index (χ1) is 12.8. The molecular weight excluding hydrogens is 322 g/mol. The van der Waals surface area contributed by atoms with Crippen LogP contribution in [0.25, 0.3) is 10.9 Å². The van der Waals surface area contributed by atoms with Crippen molar-refractivity contribution in [2.75, 3.05) is 26.7 Å². The molecule has 1 aliphatic heterocycles. The molecule has 0 amide bonds. The molecule has 1 aromatic heterocycles. The van der Waals surface area contributed by atoms with E-state index in [1.165, 1.54) is 48.0 Å². The number of hydrogen-bond acceptors (Lipinski definition) is 3. The number of nitrogens with zero attached hydrogens (tertiary/aromatic N) is 1.